The average molecular weight is 406 g/mol. The second kappa shape index (κ2) is 8.62. The van der Waals surface area contributed by atoms with Crippen LogP contribution in [0.1, 0.15) is 5.56 Å². The summed E-state index contributed by atoms with van der Waals surface area (Å²) in [5.41, 5.74) is 1.96. The zero-order chi connectivity index (χ0) is 18.5. The number of hydrogen-bond donors (Lipinski definition) is 0. The van der Waals surface area contributed by atoms with E-state index in [1.165, 1.54) is 0 Å². The van der Waals surface area contributed by atoms with Crippen molar-refractivity contribution < 1.29 is 4.74 Å². The van der Waals surface area contributed by atoms with Gasteiger partial charge in [-0.15, -0.1) is 16.8 Å². The van der Waals surface area contributed by atoms with Crippen LogP contribution in [-0.4, -0.2) is 21.9 Å². The quantitative estimate of drug-likeness (QED) is 0.371. The molecule has 3 aromatic rings. The molecule has 0 aliphatic heterocycles. The molecule has 0 radical (unpaired) electrons. The molecule has 0 aliphatic carbocycles. The maximum absolute atomic E-state index is 6.16. The maximum atomic E-state index is 6.16. The van der Waals surface area contributed by atoms with Crippen molar-refractivity contribution in [2.75, 3.05) is 7.11 Å². The predicted molar refractivity (Wildman–Crippen MR) is 108 cm³/mol. The molecule has 7 heteroatoms. The summed E-state index contributed by atoms with van der Waals surface area (Å²) in [7, 11) is 1.62. The minimum Gasteiger partial charge on any atom is -0.496 e. The van der Waals surface area contributed by atoms with E-state index in [9.17, 15) is 0 Å². The minimum absolute atomic E-state index is 0.584. The second-order valence-electron chi connectivity index (χ2n) is 5.47. The molecule has 1 heterocycles. The molecule has 134 valence electrons. The van der Waals surface area contributed by atoms with Gasteiger partial charge >= 0.3 is 0 Å². The van der Waals surface area contributed by atoms with Gasteiger partial charge in [0.05, 0.1) is 12.7 Å². The van der Waals surface area contributed by atoms with E-state index in [4.69, 9.17) is 27.9 Å². The fourth-order valence-electron chi connectivity index (χ4n) is 2.47. The SMILES string of the molecule is C=CCn1c(SCc2ccc(Cl)cc2)nnc1-c1cc(Cl)ccc1OC. The summed E-state index contributed by atoms with van der Waals surface area (Å²) in [5.74, 6) is 2.16. The lowest BCUT2D eigenvalue weighted by atomic mass is 10.2. The summed E-state index contributed by atoms with van der Waals surface area (Å²) < 4.78 is 7.45. The molecule has 0 unspecified atom stereocenters. The normalized spacial score (nSPS) is 10.7. The van der Waals surface area contributed by atoms with Crippen LogP contribution in [0.4, 0.5) is 0 Å². The monoisotopic (exact) mass is 405 g/mol. The molecule has 0 fully saturated rings. The Kier molecular flexibility index (Phi) is 6.25. The summed E-state index contributed by atoms with van der Waals surface area (Å²) in [6.45, 7) is 4.43. The van der Waals surface area contributed by atoms with E-state index in [-0.39, 0.29) is 0 Å². The Morgan fingerprint density at radius 2 is 1.85 bits per heavy atom. The van der Waals surface area contributed by atoms with E-state index in [0.29, 0.717) is 23.1 Å². The van der Waals surface area contributed by atoms with Crippen LogP contribution in [0.2, 0.25) is 10.0 Å². The molecular weight excluding hydrogens is 389 g/mol. The summed E-state index contributed by atoms with van der Waals surface area (Å²) in [5, 5.41) is 10.9. The number of allylic oxidation sites excluding steroid dienone is 1. The highest BCUT2D eigenvalue weighted by Gasteiger charge is 2.17. The van der Waals surface area contributed by atoms with Crippen molar-refractivity contribution in [3.63, 3.8) is 0 Å². The summed E-state index contributed by atoms with van der Waals surface area (Å²) in [4.78, 5) is 0. The van der Waals surface area contributed by atoms with Gasteiger partial charge in [-0.05, 0) is 35.9 Å². The molecule has 0 spiro atoms. The molecular formula is C19H17Cl2N3OS. The van der Waals surface area contributed by atoms with E-state index in [1.807, 2.05) is 47.0 Å². The number of halogens is 2. The van der Waals surface area contributed by atoms with Gasteiger partial charge in [-0.3, -0.25) is 4.57 Å². The molecule has 0 N–H and O–H groups in total. The number of benzene rings is 2. The highest BCUT2D eigenvalue weighted by Crippen LogP contribution is 2.34. The van der Waals surface area contributed by atoms with Gasteiger partial charge in [0.15, 0.2) is 11.0 Å². The Morgan fingerprint density at radius 3 is 2.54 bits per heavy atom. The number of ether oxygens (including phenoxy) is 1. The van der Waals surface area contributed by atoms with Crippen LogP contribution in [0, 0.1) is 0 Å². The summed E-state index contributed by atoms with van der Waals surface area (Å²) >= 11 is 13.7. The number of rotatable bonds is 7. The smallest absolute Gasteiger partial charge is 0.192 e. The van der Waals surface area contributed by atoms with Gasteiger partial charge in [-0.25, -0.2) is 0 Å². The van der Waals surface area contributed by atoms with Gasteiger partial charge in [0.1, 0.15) is 5.75 Å². The topological polar surface area (TPSA) is 39.9 Å². The molecule has 0 saturated carbocycles. The highest BCUT2D eigenvalue weighted by atomic mass is 35.5. The molecule has 2 aromatic carbocycles. The molecule has 4 nitrogen and oxygen atoms in total. The number of hydrogen-bond acceptors (Lipinski definition) is 4. The lowest BCUT2D eigenvalue weighted by Crippen LogP contribution is -2.02. The van der Waals surface area contributed by atoms with Crippen LogP contribution in [0.25, 0.3) is 11.4 Å². The minimum atomic E-state index is 0.584. The summed E-state index contributed by atoms with van der Waals surface area (Å²) in [6, 6.07) is 13.2. The zero-order valence-electron chi connectivity index (χ0n) is 14.2. The molecule has 3 rings (SSSR count). The predicted octanol–water partition coefficient (Wildman–Crippen LogP) is 5.74. The van der Waals surface area contributed by atoms with Crippen LogP contribution < -0.4 is 4.74 Å². The summed E-state index contributed by atoms with van der Waals surface area (Å²) in [6.07, 6.45) is 1.82. The largest absolute Gasteiger partial charge is 0.496 e. The van der Waals surface area contributed by atoms with E-state index < -0.39 is 0 Å². The van der Waals surface area contributed by atoms with E-state index in [1.54, 1.807) is 24.9 Å². The van der Waals surface area contributed by atoms with Gasteiger partial charge in [-0.2, -0.15) is 0 Å². The molecule has 0 saturated heterocycles. The second-order valence-corrected chi connectivity index (χ2v) is 7.28. The van der Waals surface area contributed by atoms with E-state index in [0.717, 1.165) is 27.1 Å². The Hall–Kier alpha value is -1.95. The first-order valence-corrected chi connectivity index (χ1v) is 9.61. The Morgan fingerprint density at radius 1 is 1.12 bits per heavy atom. The third-order valence-electron chi connectivity index (χ3n) is 3.71. The molecule has 0 amide bonds. The van der Waals surface area contributed by atoms with Gasteiger partial charge in [0, 0.05) is 22.3 Å². The fourth-order valence-corrected chi connectivity index (χ4v) is 3.67. The molecule has 1 aromatic heterocycles. The standard InChI is InChI=1S/C19H17Cl2N3OS/c1-3-10-24-18(16-11-15(21)8-9-17(16)25-2)22-23-19(24)26-12-13-4-6-14(20)7-5-13/h3-9,11H,1,10,12H2,2H3. The fraction of sp³-hybridized carbons (Fsp3) is 0.158. The Labute approximate surface area is 166 Å². The van der Waals surface area contributed by atoms with Crippen molar-refractivity contribution in [2.24, 2.45) is 0 Å². The van der Waals surface area contributed by atoms with Gasteiger partial charge in [0.25, 0.3) is 0 Å². The Balaban J connectivity index is 1.92. The van der Waals surface area contributed by atoms with Crippen molar-refractivity contribution >= 4 is 35.0 Å². The number of aromatic nitrogens is 3. The third kappa shape index (κ3) is 4.23. The van der Waals surface area contributed by atoms with Gasteiger partial charge in [0.2, 0.25) is 0 Å². The lowest BCUT2D eigenvalue weighted by molar-refractivity contribution is 0.416. The molecule has 0 bridgehead atoms. The number of thioether (sulfide) groups is 1. The highest BCUT2D eigenvalue weighted by molar-refractivity contribution is 7.98. The molecule has 0 atom stereocenters. The molecule has 0 aliphatic rings. The van der Waals surface area contributed by atoms with Crippen molar-refractivity contribution in [2.45, 2.75) is 17.5 Å². The van der Waals surface area contributed by atoms with Crippen molar-refractivity contribution in [3.8, 4) is 17.1 Å². The van der Waals surface area contributed by atoms with Crippen LogP contribution >= 0.6 is 35.0 Å². The van der Waals surface area contributed by atoms with Crippen LogP contribution in [0.15, 0.2) is 60.3 Å². The van der Waals surface area contributed by atoms with Crippen molar-refractivity contribution in [3.05, 3.63) is 70.7 Å². The van der Waals surface area contributed by atoms with Gasteiger partial charge < -0.3 is 4.74 Å². The van der Waals surface area contributed by atoms with E-state index >= 15 is 0 Å². The van der Waals surface area contributed by atoms with Crippen LogP contribution in [0.3, 0.4) is 0 Å². The van der Waals surface area contributed by atoms with Crippen molar-refractivity contribution in [1.29, 1.82) is 0 Å². The van der Waals surface area contributed by atoms with Crippen LogP contribution in [-0.2, 0) is 12.3 Å². The molecule has 26 heavy (non-hydrogen) atoms. The van der Waals surface area contributed by atoms with Crippen LogP contribution in [0.5, 0.6) is 5.75 Å². The first kappa shape index (κ1) is 18.8. The number of methoxy groups -OCH3 is 1. The zero-order valence-corrected chi connectivity index (χ0v) is 16.5. The Bertz CT molecular complexity index is 910. The van der Waals surface area contributed by atoms with Crippen molar-refractivity contribution in [1.82, 2.24) is 14.8 Å². The number of nitrogens with zero attached hydrogens (tertiary/aromatic N) is 3. The first-order valence-electron chi connectivity index (χ1n) is 7.87. The van der Waals surface area contributed by atoms with Gasteiger partial charge in [-0.1, -0.05) is 53.2 Å². The third-order valence-corrected chi connectivity index (χ3v) is 5.24. The van der Waals surface area contributed by atoms with E-state index in [2.05, 4.69) is 16.8 Å². The first-order chi connectivity index (χ1) is 12.6. The maximum Gasteiger partial charge on any atom is 0.192 e. The lowest BCUT2D eigenvalue weighted by Gasteiger charge is -2.11. The average Bonchev–Trinajstić information content (AvgIpc) is 3.04.